The topological polar surface area (TPSA) is 4.93 Å². The molecule has 0 aliphatic heterocycles. The lowest BCUT2D eigenvalue weighted by Gasteiger charge is -2.00. The molecule has 0 unspecified atom stereocenters. The average molecular weight is 173 g/mol. The Balaban J connectivity index is 2.88. The molecule has 0 bridgehead atoms. The first kappa shape index (κ1) is 8.36. The van der Waals surface area contributed by atoms with Crippen molar-refractivity contribution in [3.05, 3.63) is 35.5 Å². The molecular weight excluding hydrogens is 158 g/mol. The largest absolute Gasteiger partial charge is 0.347 e. The predicted molar refractivity (Wildman–Crippen MR) is 57.0 cm³/mol. The predicted octanol–water partition coefficient (Wildman–Crippen LogP) is 3.05. The minimum atomic E-state index is 1.11. The van der Waals surface area contributed by atoms with Crippen molar-refractivity contribution in [3.8, 4) is 0 Å². The fourth-order valence-electron chi connectivity index (χ4n) is 2.14. The lowest BCUT2D eigenvalue weighted by Crippen LogP contribution is -1.94. The van der Waals surface area contributed by atoms with Gasteiger partial charge in [0.05, 0.1) is 0 Å². The lowest BCUT2D eigenvalue weighted by atomic mass is 10.1. The lowest BCUT2D eigenvalue weighted by molar-refractivity contribution is 0.857. The van der Waals surface area contributed by atoms with Crippen LogP contribution in [-0.2, 0) is 13.5 Å². The van der Waals surface area contributed by atoms with E-state index in [1.54, 1.807) is 0 Å². The fourth-order valence-corrected chi connectivity index (χ4v) is 2.14. The van der Waals surface area contributed by atoms with Crippen molar-refractivity contribution in [1.82, 2.24) is 4.57 Å². The highest BCUT2D eigenvalue weighted by molar-refractivity contribution is 5.85. The summed E-state index contributed by atoms with van der Waals surface area (Å²) >= 11 is 0. The molecule has 13 heavy (non-hydrogen) atoms. The molecule has 1 aromatic heterocycles. The van der Waals surface area contributed by atoms with Gasteiger partial charge in [0.25, 0.3) is 0 Å². The van der Waals surface area contributed by atoms with E-state index in [-0.39, 0.29) is 0 Å². The SMILES string of the molecule is CCc1c(C)c2ccccc2n1C. The Morgan fingerprint density at radius 1 is 1.23 bits per heavy atom. The Hall–Kier alpha value is -1.24. The van der Waals surface area contributed by atoms with Crippen molar-refractivity contribution in [2.24, 2.45) is 7.05 Å². The van der Waals surface area contributed by atoms with E-state index >= 15 is 0 Å². The molecule has 1 heterocycles. The molecule has 0 saturated heterocycles. The summed E-state index contributed by atoms with van der Waals surface area (Å²) in [7, 11) is 2.15. The van der Waals surface area contributed by atoms with Gasteiger partial charge < -0.3 is 4.57 Å². The first-order valence-corrected chi connectivity index (χ1v) is 4.78. The maximum absolute atomic E-state index is 2.30. The van der Waals surface area contributed by atoms with Gasteiger partial charge in [-0.2, -0.15) is 0 Å². The van der Waals surface area contributed by atoms with Gasteiger partial charge in [-0.25, -0.2) is 0 Å². The monoisotopic (exact) mass is 173 g/mol. The van der Waals surface area contributed by atoms with Gasteiger partial charge in [-0.3, -0.25) is 0 Å². The van der Waals surface area contributed by atoms with Crippen LogP contribution in [0.4, 0.5) is 0 Å². The van der Waals surface area contributed by atoms with Crippen LogP contribution in [0.25, 0.3) is 10.9 Å². The van der Waals surface area contributed by atoms with E-state index in [9.17, 15) is 0 Å². The zero-order chi connectivity index (χ0) is 9.42. The molecule has 0 saturated carbocycles. The summed E-state index contributed by atoms with van der Waals surface area (Å²) < 4.78 is 2.30. The molecule has 0 aliphatic rings. The van der Waals surface area contributed by atoms with Crippen LogP contribution < -0.4 is 0 Å². The molecule has 1 nitrogen and oxygen atoms in total. The highest BCUT2D eigenvalue weighted by Crippen LogP contribution is 2.24. The van der Waals surface area contributed by atoms with Gasteiger partial charge in [0, 0.05) is 23.6 Å². The van der Waals surface area contributed by atoms with Gasteiger partial charge >= 0.3 is 0 Å². The van der Waals surface area contributed by atoms with Crippen molar-refractivity contribution < 1.29 is 0 Å². The van der Waals surface area contributed by atoms with Crippen LogP contribution in [0, 0.1) is 6.92 Å². The zero-order valence-corrected chi connectivity index (χ0v) is 8.46. The van der Waals surface area contributed by atoms with Gasteiger partial charge in [0.1, 0.15) is 0 Å². The summed E-state index contributed by atoms with van der Waals surface area (Å²) in [5, 5.41) is 1.39. The van der Waals surface area contributed by atoms with Crippen molar-refractivity contribution in [1.29, 1.82) is 0 Å². The van der Waals surface area contributed by atoms with E-state index < -0.39 is 0 Å². The second kappa shape index (κ2) is 2.91. The highest BCUT2D eigenvalue weighted by Gasteiger charge is 2.08. The molecule has 0 fully saturated rings. The van der Waals surface area contributed by atoms with Crippen LogP contribution in [0.1, 0.15) is 18.2 Å². The fraction of sp³-hybridized carbons (Fsp3) is 0.333. The van der Waals surface area contributed by atoms with E-state index in [1.165, 1.54) is 22.2 Å². The van der Waals surface area contributed by atoms with E-state index in [0.717, 1.165) is 6.42 Å². The highest BCUT2D eigenvalue weighted by atomic mass is 14.9. The molecule has 0 atom stereocenters. The quantitative estimate of drug-likeness (QED) is 0.624. The molecule has 2 aromatic rings. The van der Waals surface area contributed by atoms with E-state index in [4.69, 9.17) is 0 Å². The molecule has 0 aliphatic carbocycles. The summed E-state index contributed by atoms with van der Waals surface area (Å²) in [6, 6.07) is 8.58. The van der Waals surface area contributed by atoms with Gasteiger partial charge in [0.2, 0.25) is 0 Å². The van der Waals surface area contributed by atoms with Crippen LogP contribution in [0.5, 0.6) is 0 Å². The Bertz CT molecular complexity index is 399. The maximum Gasteiger partial charge on any atom is 0.0482 e. The van der Waals surface area contributed by atoms with Gasteiger partial charge in [-0.15, -0.1) is 0 Å². The van der Waals surface area contributed by atoms with Gasteiger partial charge in [0.15, 0.2) is 0 Å². The normalized spacial score (nSPS) is 11.0. The third-order valence-electron chi connectivity index (χ3n) is 2.84. The van der Waals surface area contributed by atoms with Crippen LogP contribution >= 0.6 is 0 Å². The van der Waals surface area contributed by atoms with Crippen LogP contribution in [0.3, 0.4) is 0 Å². The van der Waals surface area contributed by atoms with E-state index in [2.05, 4.69) is 49.7 Å². The number of hydrogen-bond acceptors (Lipinski definition) is 0. The third-order valence-corrected chi connectivity index (χ3v) is 2.84. The van der Waals surface area contributed by atoms with Crippen LogP contribution in [0.2, 0.25) is 0 Å². The third kappa shape index (κ3) is 1.07. The van der Waals surface area contributed by atoms with E-state index in [1.807, 2.05) is 0 Å². The number of aryl methyl sites for hydroxylation is 2. The number of benzene rings is 1. The summed E-state index contributed by atoms with van der Waals surface area (Å²) in [6.45, 7) is 4.42. The number of para-hydroxylation sites is 1. The van der Waals surface area contributed by atoms with Gasteiger partial charge in [-0.05, 0) is 25.0 Å². The molecule has 0 spiro atoms. The second-order valence-corrected chi connectivity index (χ2v) is 3.50. The first-order chi connectivity index (χ1) is 6.25. The Morgan fingerprint density at radius 2 is 1.92 bits per heavy atom. The van der Waals surface area contributed by atoms with Crippen LogP contribution in [0.15, 0.2) is 24.3 Å². The first-order valence-electron chi connectivity index (χ1n) is 4.78. The standard InChI is InChI=1S/C12H15N/c1-4-11-9(2)10-7-5-6-8-12(10)13(11)3/h5-8H,4H2,1-3H3. The van der Waals surface area contributed by atoms with Crippen molar-refractivity contribution in [2.75, 3.05) is 0 Å². The molecule has 0 N–H and O–H groups in total. The number of nitrogens with zero attached hydrogens (tertiary/aromatic N) is 1. The molecular formula is C12H15N. The van der Waals surface area contributed by atoms with Gasteiger partial charge in [-0.1, -0.05) is 25.1 Å². The molecule has 2 rings (SSSR count). The summed E-state index contributed by atoms with van der Waals surface area (Å²) in [5.41, 5.74) is 4.22. The van der Waals surface area contributed by atoms with Crippen molar-refractivity contribution in [2.45, 2.75) is 20.3 Å². The summed E-state index contributed by atoms with van der Waals surface area (Å²) in [5.74, 6) is 0. The van der Waals surface area contributed by atoms with Crippen molar-refractivity contribution >= 4 is 10.9 Å². The Labute approximate surface area is 79.0 Å². The number of rotatable bonds is 1. The molecule has 1 aromatic carbocycles. The van der Waals surface area contributed by atoms with E-state index in [0.29, 0.717) is 0 Å². The molecule has 68 valence electrons. The molecule has 0 amide bonds. The Morgan fingerprint density at radius 3 is 2.54 bits per heavy atom. The Kier molecular flexibility index (Phi) is 1.87. The number of hydrogen-bond donors (Lipinski definition) is 0. The smallest absolute Gasteiger partial charge is 0.0482 e. The van der Waals surface area contributed by atoms with Crippen LogP contribution in [-0.4, -0.2) is 4.57 Å². The second-order valence-electron chi connectivity index (χ2n) is 3.50. The minimum absolute atomic E-state index is 1.11. The summed E-state index contributed by atoms with van der Waals surface area (Å²) in [4.78, 5) is 0. The summed E-state index contributed by atoms with van der Waals surface area (Å²) in [6.07, 6.45) is 1.11. The average Bonchev–Trinajstić information content (AvgIpc) is 2.41. The molecule has 0 radical (unpaired) electrons. The zero-order valence-electron chi connectivity index (χ0n) is 8.46. The molecule has 1 heteroatoms. The van der Waals surface area contributed by atoms with Crippen molar-refractivity contribution in [3.63, 3.8) is 0 Å². The number of fused-ring (bicyclic) bond motifs is 1. The maximum atomic E-state index is 2.30. The number of aromatic nitrogens is 1. The minimum Gasteiger partial charge on any atom is -0.347 e.